The zero-order chi connectivity index (χ0) is 14.4. The van der Waals surface area contributed by atoms with Crippen molar-refractivity contribution in [3.63, 3.8) is 0 Å². The molecule has 2 heteroatoms. The van der Waals surface area contributed by atoms with Gasteiger partial charge < -0.3 is 11.1 Å². The van der Waals surface area contributed by atoms with Crippen LogP contribution in [0, 0.1) is 0 Å². The summed E-state index contributed by atoms with van der Waals surface area (Å²) in [4.78, 5) is 0. The molecule has 0 saturated heterocycles. The molecule has 2 aromatic carbocycles. The fourth-order valence-electron chi connectivity index (χ4n) is 2.49. The molecule has 0 spiro atoms. The molecule has 0 aliphatic heterocycles. The van der Waals surface area contributed by atoms with E-state index >= 15 is 0 Å². The Hall–Kier alpha value is -1.96. The zero-order valence-electron chi connectivity index (χ0n) is 12.4. The van der Waals surface area contributed by atoms with Crippen molar-refractivity contribution < 1.29 is 0 Å². The second-order valence-electron chi connectivity index (χ2n) is 5.08. The van der Waals surface area contributed by atoms with Crippen LogP contribution >= 0.6 is 0 Å². The number of para-hydroxylation sites is 1. The first-order chi connectivity index (χ1) is 9.74. The summed E-state index contributed by atoms with van der Waals surface area (Å²) >= 11 is 0. The number of nitrogens with two attached hydrogens (primary N) is 1. The molecule has 0 amide bonds. The van der Waals surface area contributed by atoms with Crippen molar-refractivity contribution >= 4 is 11.4 Å². The van der Waals surface area contributed by atoms with Gasteiger partial charge in [-0.1, -0.05) is 44.2 Å². The van der Waals surface area contributed by atoms with Crippen molar-refractivity contribution in [3.05, 3.63) is 59.2 Å². The quantitative estimate of drug-likeness (QED) is 0.776. The maximum absolute atomic E-state index is 5.71. The second-order valence-corrected chi connectivity index (χ2v) is 5.08. The lowest BCUT2D eigenvalue weighted by Crippen LogP contribution is -2.09. The van der Waals surface area contributed by atoms with Gasteiger partial charge in [0.1, 0.15) is 0 Å². The first kappa shape index (κ1) is 14.4. The smallest absolute Gasteiger partial charge is 0.0405 e. The monoisotopic (exact) mass is 268 g/mol. The first-order valence-electron chi connectivity index (χ1n) is 7.43. The van der Waals surface area contributed by atoms with Crippen LogP contribution in [0.2, 0.25) is 0 Å². The van der Waals surface area contributed by atoms with E-state index in [-0.39, 0.29) is 0 Å². The summed E-state index contributed by atoms with van der Waals surface area (Å²) < 4.78 is 0. The molecule has 20 heavy (non-hydrogen) atoms. The number of nitrogen functional groups attached to an aromatic ring is 1. The van der Waals surface area contributed by atoms with Crippen LogP contribution in [0.5, 0.6) is 0 Å². The highest BCUT2D eigenvalue weighted by Gasteiger charge is 2.05. The molecule has 2 aromatic rings. The van der Waals surface area contributed by atoms with Crippen LogP contribution in [0.25, 0.3) is 0 Å². The van der Waals surface area contributed by atoms with Gasteiger partial charge >= 0.3 is 0 Å². The summed E-state index contributed by atoms with van der Waals surface area (Å²) in [5, 5.41) is 3.62. The summed E-state index contributed by atoms with van der Waals surface area (Å²) in [6, 6.07) is 14.7. The predicted octanol–water partition coefficient (Wildman–Crippen LogP) is 4.05. The Bertz CT molecular complexity index is 522. The van der Waals surface area contributed by atoms with Crippen molar-refractivity contribution in [1.29, 1.82) is 0 Å². The number of anilines is 2. The van der Waals surface area contributed by atoms with Gasteiger partial charge in [0.05, 0.1) is 0 Å². The van der Waals surface area contributed by atoms with Crippen LogP contribution in [0.3, 0.4) is 0 Å². The van der Waals surface area contributed by atoms with Crippen molar-refractivity contribution in [2.45, 2.75) is 33.1 Å². The largest absolute Gasteiger partial charge is 0.399 e. The molecule has 3 N–H and O–H groups in total. The van der Waals surface area contributed by atoms with Gasteiger partial charge in [-0.2, -0.15) is 0 Å². The van der Waals surface area contributed by atoms with Crippen LogP contribution in [0.15, 0.2) is 42.5 Å². The Balaban J connectivity index is 2.01. The van der Waals surface area contributed by atoms with Gasteiger partial charge in [-0.15, -0.1) is 0 Å². The normalized spacial score (nSPS) is 10.5. The molecule has 0 bridgehead atoms. The summed E-state index contributed by atoms with van der Waals surface area (Å²) in [7, 11) is 0. The number of hydrogen-bond acceptors (Lipinski definition) is 2. The van der Waals surface area contributed by atoms with Gasteiger partial charge in [0.25, 0.3) is 0 Å². The van der Waals surface area contributed by atoms with Gasteiger partial charge in [0, 0.05) is 17.9 Å². The van der Waals surface area contributed by atoms with Crippen LogP contribution in [0.4, 0.5) is 11.4 Å². The third kappa shape index (κ3) is 3.53. The van der Waals surface area contributed by atoms with E-state index in [1.54, 1.807) is 0 Å². The van der Waals surface area contributed by atoms with E-state index in [1.165, 1.54) is 22.4 Å². The molecule has 0 saturated carbocycles. The minimum Gasteiger partial charge on any atom is -0.399 e. The lowest BCUT2D eigenvalue weighted by atomic mass is 10.0. The molecule has 0 aliphatic rings. The van der Waals surface area contributed by atoms with E-state index in [4.69, 9.17) is 5.73 Å². The fourth-order valence-corrected chi connectivity index (χ4v) is 2.49. The molecule has 2 rings (SSSR count). The van der Waals surface area contributed by atoms with Gasteiger partial charge in [0.2, 0.25) is 0 Å². The second kappa shape index (κ2) is 6.99. The van der Waals surface area contributed by atoms with Gasteiger partial charge in [-0.05, 0) is 48.1 Å². The van der Waals surface area contributed by atoms with Crippen molar-refractivity contribution in [3.8, 4) is 0 Å². The van der Waals surface area contributed by atoms with Crippen LogP contribution < -0.4 is 11.1 Å². The molecule has 0 aliphatic carbocycles. The fraction of sp³-hybridized carbons (Fsp3) is 0.333. The third-order valence-electron chi connectivity index (χ3n) is 3.69. The van der Waals surface area contributed by atoms with Crippen LogP contribution in [-0.4, -0.2) is 6.54 Å². The minimum absolute atomic E-state index is 0.825. The van der Waals surface area contributed by atoms with Gasteiger partial charge in [0.15, 0.2) is 0 Å². The standard InChI is InChI=1S/C18H24N2/c1-3-15-6-5-7-16(4-2)18(15)20-13-12-14-8-10-17(19)11-9-14/h5-11,20H,3-4,12-13,19H2,1-2H3. The maximum atomic E-state index is 5.71. The Labute approximate surface area is 122 Å². The summed E-state index contributed by atoms with van der Waals surface area (Å²) in [6.45, 7) is 5.37. The Kier molecular flexibility index (Phi) is 5.05. The molecular weight excluding hydrogens is 244 g/mol. The summed E-state index contributed by atoms with van der Waals surface area (Å²) in [5.41, 5.74) is 12.0. The molecule has 0 heterocycles. The van der Waals surface area contributed by atoms with Crippen molar-refractivity contribution in [2.75, 3.05) is 17.6 Å². The molecule has 0 radical (unpaired) electrons. The zero-order valence-corrected chi connectivity index (χ0v) is 12.4. The summed E-state index contributed by atoms with van der Waals surface area (Å²) in [5.74, 6) is 0. The third-order valence-corrected chi connectivity index (χ3v) is 3.69. The highest BCUT2D eigenvalue weighted by atomic mass is 14.9. The molecule has 0 fully saturated rings. The SMILES string of the molecule is CCc1cccc(CC)c1NCCc1ccc(N)cc1. The van der Waals surface area contributed by atoms with Crippen LogP contribution in [0.1, 0.15) is 30.5 Å². The van der Waals surface area contributed by atoms with Crippen molar-refractivity contribution in [1.82, 2.24) is 0 Å². The van der Waals surface area contributed by atoms with E-state index in [0.717, 1.165) is 31.5 Å². The number of nitrogens with one attached hydrogen (secondary N) is 1. The Morgan fingerprint density at radius 1 is 0.900 bits per heavy atom. The van der Waals surface area contributed by atoms with E-state index in [0.29, 0.717) is 0 Å². The average Bonchev–Trinajstić information content (AvgIpc) is 2.49. The minimum atomic E-state index is 0.825. The highest BCUT2D eigenvalue weighted by molar-refractivity contribution is 5.58. The highest BCUT2D eigenvalue weighted by Crippen LogP contribution is 2.22. The molecule has 106 valence electrons. The van der Waals surface area contributed by atoms with Gasteiger partial charge in [-0.25, -0.2) is 0 Å². The molecule has 0 atom stereocenters. The number of benzene rings is 2. The van der Waals surface area contributed by atoms with Gasteiger partial charge in [-0.3, -0.25) is 0 Å². The van der Waals surface area contributed by atoms with Crippen molar-refractivity contribution in [2.24, 2.45) is 0 Å². The Morgan fingerprint density at radius 2 is 1.50 bits per heavy atom. The molecular formula is C18H24N2. The van der Waals surface area contributed by atoms with E-state index < -0.39 is 0 Å². The maximum Gasteiger partial charge on any atom is 0.0405 e. The molecule has 2 nitrogen and oxygen atoms in total. The lowest BCUT2D eigenvalue weighted by Gasteiger charge is -2.15. The number of rotatable bonds is 6. The lowest BCUT2D eigenvalue weighted by molar-refractivity contribution is 0.994. The van der Waals surface area contributed by atoms with E-state index in [2.05, 4.69) is 49.5 Å². The molecule has 0 aromatic heterocycles. The topological polar surface area (TPSA) is 38.0 Å². The van der Waals surface area contributed by atoms with E-state index in [9.17, 15) is 0 Å². The number of aryl methyl sites for hydroxylation is 2. The summed E-state index contributed by atoms with van der Waals surface area (Å²) in [6.07, 6.45) is 3.15. The number of hydrogen-bond donors (Lipinski definition) is 2. The first-order valence-corrected chi connectivity index (χ1v) is 7.43. The van der Waals surface area contributed by atoms with E-state index in [1.807, 2.05) is 12.1 Å². The molecule has 0 unspecified atom stereocenters. The Morgan fingerprint density at radius 3 is 2.05 bits per heavy atom. The predicted molar refractivity (Wildman–Crippen MR) is 88.2 cm³/mol. The average molecular weight is 268 g/mol. The van der Waals surface area contributed by atoms with Crippen LogP contribution in [-0.2, 0) is 19.3 Å².